The maximum atomic E-state index is 12.3. The third-order valence-electron chi connectivity index (χ3n) is 4.19. The zero-order chi connectivity index (χ0) is 12.7. The number of fused-ring (bicyclic) bond motifs is 1. The molecule has 1 aliphatic heterocycles. The summed E-state index contributed by atoms with van der Waals surface area (Å²) in [6.45, 7) is 4.14. The molecule has 0 bridgehead atoms. The highest BCUT2D eigenvalue weighted by Gasteiger charge is 2.34. The van der Waals surface area contributed by atoms with Crippen molar-refractivity contribution in [1.82, 2.24) is 4.90 Å². The monoisotopic (exact) mass is 244 g/mol. The van der Waals surface area contributed by atoms with E-state index in [1.165, 1.54) is 17.7 Å². The van der Waals surface area contributed by atoms with E-state index in [9.17, 15) is 4.79 Å². The van der Waals surface area contributed by atoms with Gasteiger partial charge in [0.05, 0.1) is 0 Å². The number of hydrogen-bond donors (Lipinski definition) is 1. The molecule has 3 nitrogen and oxygen atoms in total. The van der Waals surface area contributed by atoms with Gasteiger partial charge in [-0.25, -0.2) is 0 Å². The summed E-state index contributed by atoms with van der Waals surface area (Å²) < 4.78 is 0. The molecule has 1 heterocycles. The van der Waals surface area contributed by atoms with Crippen molar-refractivity contribution in [2.24, 2.45) is 11.8 Å². The van der Waals surface area contributed by atoms with Crippen LogP contribution in [0.1, 0.15) is 29.3 Å². The molecule has 3 heteroatoms. The fourth-order valence-corrected chi connectivity index (χ4v) is 2.75. The molecule has 1 N–H and O–H groups in total. The molecule has 2 atom stereocenters. The normalized spacial score (nSPS) is 24.3. The van der Waals surface area contributed by atoms with Crippen molar-refractivity contribution < 1.29 is 4.79 Å². The van der Waals surface area contributed by atoms with Gasteiger partial charge in [0, 0.05) is 31.4 Å². The standard InChI is InChI=1S/C15H20N2O/c1-10-7-13(10)9-17(2)15(18)12-3-4-14-11(8-12)5-6-16-14/h3-4,8,10,13,16H,5-7,9H2,1-2H3. The van der Waals surface area contributed by atoms with Crippen LogP contribution in [0.15, 0.2) is 18.2 Å². The highest BCUT2D eigenvalue weighted by molar-refractivity contribution is 5.95. The maximum absolute atomic E-state index is 12.3. The van der Waals surface area contributed by atoms with Crippen LogP contribution in [0, 0.1) is 11.8 Å². The van der Waals surface area contributed by atoms with Gasteiger partial charge in [-0.05, 0) is 48.4 Å². The number of rotatable bonds is 3. The van der Waals surface area contributed by atoms with Gasteiger partial charge in [0.15, 0.2) is 0 Å². The number of carbonyl (C=O) groups is 1. The summed E-state index contributed by atoms with van der Waals surface area (Å²) in [6, 6.07) is 6.01. The van der Waals surface area contributed by atoms with E-state index < -0.39 is 0 Å². The van der Waals surface area contributed by atoms with Crippen LogP contribution in [-0.4, -0.2) is 30.9 Å². The SMILES string of the molecule is CC1CC1CN(C)C(=O)c1ccc2c(c1)CCN2. The Morgan fingerprint density at radius 3 is 3.00 bits per heavy atom. The Balaban J connectivity index is 1.71. The summed E-state index contributed by atoms with van der Waals surface area (Å²) in [5.41, 5.74) is 3.28. The molecule has 0 radical (unpaired) electrons. The van der Waals surface area contributed by atoms with Crippen molar-refractivity contribution in [1.29, 1.82) is 0 Å². The van der Waals surface area contributed by atoms with Gasteiger partial charge in [0.25, 0.3) is 5.91 Å². The molecule has 1 aromatic rings. The molecule has 3 rings (SSSR count). The van der Waals surface area contributed by atoms with Gasteiger partial charge in [-0.1, -0.05) is 6.92 Å². The molecule has 1 aromatic carbocycles. The summed E-state index contributed by atoms with van der Waals surface area (Å²) in [7, 11) is 1.92. The first-order valence-corrected chi connectivity index (χ1v) is 6.77. The van der Waals surface area contributed by atoms with Crippen molar-refractivity contribution >= 4 is 11.6 Å². The predicted molar refractivity (Wildman–Crippen MR) is 72.9 cm³/mol. The van der Waals surface area contributed by atoms with Gasteiger partial charge >= 0.3 is 0 Å². The van der Waals surface area contributed by atoms with Gasteiger partial charge in [-0.3, -0.25) is 4.79 Å². The van der Waals surface area contributed by atoms with E-state index in [0.717, 1.165) is 36.9 Å². The lowest BCUT2D eigenvalue weighted by Gasteiger charge is -2.17. The van der Waals surface area contributed by atoms with Crippen LogP contribution in [0.5, 0.6) is 0 Å². The Labute approximate surface area is 108 Å². The van der Waals surface area contributed by atoms with E-state index in [1.54, 1.807) is 0 Å². The molecule has 2 aliphatic rings. The van der Waals surface area contributed by atoms with Gasteiger partial charge < -0.3 is 10.2 Å². The van der Waals surface area contributed by atoms with E-state index in [2.05, 4.69) is 12.2 Å². The van der Waals surface area contributed by atoms with Crippen LogP contribution in [0.25, 0.3) is 0 Å². The summed E-state index contributed by atoms with van der Waals surface area (Å²) in [4.78, 5) is 14.2. The minimum absolute atomic E-state index is 0.156. The van der Waals surface area contributed by atoms with Crippen molar-refractivity contribution in [3.63, 3.8) is 0 Å². The largest absolute Gasteiger partial charge is 0.384 e. The summed E-state index contributed by atoms with van der Waals surface area (Å²) in [6.07, 6.45) is 2.30. The molecular weight excluding hydrogens is 224 g/mol. The minimum Gasteiger partial charge on any atom is -0.384 e. The highest BCUT2D eigenvalue weighted by Crippen LogP contribution is 2.38. The van der Waals surface area contributed by atoms with Crippen molar-refractivity contribution in [2.75, 3.05) is 25.5 Å². The number of anilines is 1. The second-order valence-corrected chi connectivity index (χ2v) is 5.71. The first kappa shape index (κ1) is 11.6. The molecule has 1 fully saturated rings. The second-order valence-electron chi connectivity index (χ2n) is 5.71. The zero-order valence-electron chi connectivity index (χ0n) is 11.1. The summed E-state index contributed by atoms with van der Waals surface area (Å²) in [5, 5.41) is 3.32. The number of nitrogens with zero attached hydrogens (tertiary/aromatic N) is 1. The quantitative estimate of drug-likeness (QED) is 0.885. The predicted octanol–water partition coefficient (Wildman–Crippen LogP) is 2.38. The molecule has 0 spiro atoms. The van der Waals surface area contributed by atoms with Crippen molar-refractivity contribution in [2.45, 2.75) is 19.8 Å². The van der Waals surface area contributed by atoms with Crippen LogP contribution in [0.3, 0.4) is 0 Å². The summed E-state index contributed by atoms with van der Waals surface area (Å²) >= 11 is 0. The van der Waals surface area contributed by atoms with Crippen LogP contribution >= 0.6 is 0 Å². The molecule has 0 aromatic heterocycles. The fourth-order valence-electron chi connectivity index (χ4n) is 2.75. The zero-order valence-corrected chi connectivity index (χ0v) is 11.1. The van der Waals surface area contributed by atoms with Gasteiger partial charge in [0.2, 0.25) is 0 Å². The number of carbonyl (C=O) groups excluding carboxylic acids is 1. The van der Waals surface area contributed by atoms with Gasteiger partial charge in [-0.2, -0.15) is 0 Å². The number of nitrogens with one attached hydrogen (secondary N) is 1. The Morgan fingerprint density at radius 1 is 1.50 bits per heavy atom. The van der Waals surface area contributed by atoms with Crippen LogP contribution in [-0.2, 0) is 6.42 Å². The highest BCUT2D eigenvalue weighted by atomic mass is 16.2. The lowest BCUT2D eigenvalue weighted by atomic mass is 10.1. The molecule has 96 valence electrons. The van der Waals surface area contributed by atoms with E-state index in [-0.39, 0.29) is 5.91 Å². The van der Waals surface area contributed by atoms with Gasteiger partial charge in [0.1, 0.15) is 0 Å². The maximum Gasteiger partial charge on any atom is 0.253 e. The second kappa shape index (κ2) is 4.30. The molecule has 2 unspecified atom stereocenters. The first-order valence-electron chi connectivity index (χ1n) is 6.77. The van der Waals surface area contributed by atoms with Crippen LogP contribution in [0.4, 0.5) is 5.69 Å². The average molecular weight is 244 g/mol. The number of amides is 1. The lowest BCUT2D eigenvalue weighted by molar-refractivity contribution is 0.0787. The van der Waals surface area contributed by atoms with E-state index in [0.29, 0.717) is 0 Å². The van der Waals surface area contributed by atoms with Gasteiger partial charge in [-0.15, -0.1) is 0 Å². The molecule has 0 saturated heterocycles. The average Bonchev–Trinajstić information content (AvgIpc) is 2.89. The molecule has 1 saturated carbocycles. The smallest absolute Gasteiger partial charge is 0.253 e. The van der Waals surface area contributed by atoms with E-state index in [1.807, 2.05) is 30.1 Å². The summed E-state index contributed by atoms with van der Waals surface area (Å²) in [5.74, 6) is 1.67. The molecular formula is C15H20N2O. The Morgan fingerprint density at radius 2 is 2.28 bits per heavy atom. The number of benzene rings is 1. The van der Waals surface area contributed by atoms with Crippen LogP contribution in [0.2, 0.25) is 0 Å². The van der Waals surface area contributed by atoms with E-state index >= 15 is 0 Å². The molecule has 1 amide bonds. The Bertz CT molecular complexity index is 483. The minimum atomic E-state index is 0.156. The van der Waals surface area contributed by atoms with Crippen molar-refractivity contribution in [3.05, 3.63) is 29.3 Å². The van der Waals surface area contributed by atoms with Crippen LogP contribution < -0.4 is 5.32 Å². The van der Waals surface area contributed by atoms with Crippen molar-refractivity contribution in [3.8, 4) is 0 Å². The molecule has 1 aliphatic carbocycles. The Kier molecular flexibility index (Phi) is 2.77. The topological polar surface area (TPSA) is 32.3 Å². The first-order chi connectivity index (χ1) is 8.65. The fraction of sp³-hybridized carbons (Fsp3) is 0.533. The third-order valence-corrected chi connectivity index (χ3v) is 4.19. The third kappa shape index (κ3) is 2.09. The Hall–Kier alpha value is -1.51. The van der Waals surface area contributed by atoms with E-state index in [4.69, 9.17) is 0 Å². The lowest BCUT2D eigenvalue weighted by Crippen LogP contribution is -2.29. The number of hydrogen-bond acceptors (Lipinski definition) is 2. The molecule has 18 heavy (non-hydrogen) atoms.